The summed E-state index contributed by atoms with van der Waals surface area (Å²) in [5, 5.41) is 2.88. The number of benzene rings is 2. The molecule has 150 valence electrons. The molecule has 1 saturated heterocycles. The first-order chi connectivity index (χ1) is 13.4. The molecule has 0 saturated carbocycles. The minimum Gasteiger partial charge on any atom is -0.491 e. The summed E-state index contributed by atoms with van der Waals surface area (Å²) in [6.45, 7) is 5.29. The Bertz CT molecular complexity index is 920. The summed E-state index contributed by atoms with van der Waals surface area (Å²) in [6, 6.07) is 13.6. The quantitative estimate of drug-likeness (QED) is 0.773. The highest BCUT2D eigenvalue weighted by molar-refractivity contribution is 7.89. The van der Waals surface area contributed by atoms with Crippen LogP contribution in [0.4, 0.5) is 0 Å². The fourth-order valence-electron chi connectivity index (χ4n) is 3.14. The lowest BCUT2D eigenvalue weighted by molar-refractivity contribution is 0.0926. The van der Waals surface area contributed by atoms with Gasteiger partial charge in [0.15, 0.2) is 0 Å². The van der Waals surface area contributed by atoms with Gasteiger partial charge in [-0.2, -0.15) is 4.31 Å². The van der Waals surface area contributed by atoms with Gasteiger partial charge in [0, 0.05) is 18.7 Å². The summed E-state index contributed by atoms with van der Waals surface area (Å²) in [6.07, 6.45) is 1.78. The fourth-order valence-corrected chi connectivity index (χ4v) is 4.65. The molecule has 0 radical (unpaired) electrons. The molecule has 1 fully saturated rings. The van der Waals surface area contributed by atoms with Crippen LogP contribution in [0.3, 0.4) is 0 Å². The third kappa shape index (κ3) is 4.72. The van der Waals surface area contributed by atoms with E-state index in [0.29, 0.717) is 25.3 Å². The van der Waals surface area contributed by atoms with Gasteiger partial charge in [0.1, 0.15) is 12.4 Å². The molecular formula is C21H26N2O4S. The van der Waals surface area contributed by atoms with Crippen LogP contribution in [0, 0.1) is 6.92 Å². The van der Waals surface area contributed by atoms with E-state index < -0.39 is 10.0 Å². The number of nitrogens with one attached hydrogen (secondary N) is 1. The van der Waals surface area contributed by atoms with Crippen LogP contribution in [-0.4, -0.2) is 44.4 Å². The van der Waals surface area contributed by atoms with Gasteiger partial charge in [-0.05, 0) is 62.6 Å². The van der Waals surface area contributed by atoms with Crippen LogP contribution in [0.5, 0.6) is 5.75 Å². The summed E-state index contributed by atoms with van der Waals surface area (Å²) in [7, 11) is -3.47. The standard InChI is InChI=1S/C21H26N2O4S/c1-16-7-3-4-8-20(16)27-15-17(2)22-21(24)18-9-11-19(12-10-18)28(25,26)23-13-5-6-14-23/h3-4,7-12,17H,5-6,13-15H2,1-2H3,(H,22,24)/t17-/m0/s1. The van der Waals surface area contributed by atoms with Gasteiger partial charge >= 0.3 is 0 Å². The molecule has 2 aromatic carbocycles. The minimum absolute atomic E-state index is 0.194. The Labute approximate surface area is 166 Å². The highest BCUT2D eigenvalue weighted by Crippen LogP contribution is 2.21. The largest absolute Gasteiger partial charge is 0.491 e. The van der Waals surface area contributed by atoms with Crippen LogP contribution in [0.1, 0.15) is 35.7 Å². The summed E-state index contributed by atoms with van der Waals surface area (Å²) in [4.78, 5) is 12.6. The second-order valence-corrected chi connectivity index (χ2v) is 9.02. The van der Waals surface area contributed by atoms with Crippen LogP contribution < -0.4 is 10.1 Å². The Balaban J connectivity index is 1.57. The molecule has 1 atom stereocenters. The summed E-state index contributed by atoms with van der Waals surface area (Å²) >= 11 is 0. The molecule has 6 nitrogen and oxygen atoms in total. The van der Waals surface area contributed by atoms with E-state index in [0.717, 1.165) is 24.2 Å². The van der Waals surface area contributed by atoms with Crippen molar-refractivity contribution in [3.63, 3.8) is 0 Å². The average molecular weight is 403 g/mol. The maximum absolute atomic E-state index is 12.5. The highest BCUT2D eigenvalue weighted by Gasteiger charge is 2.27. The molecule has 1 aliphatic heterocycles. The van der Waals surface area contributed by atoms with E-state index in [-0.39, 0.29) is 16.8 Å². The maximum Gasteiger partial charge on any atom is 0.251 e. The Hall–Kier alpha value is -2.38. The molecule has 28 heavy (non-hydrogen) atoms. The number of carbonyl (C=O) groups excluding carboxylic acids is 1. The zero-order chi connectivity index (χ0) is 20.1. The third-order valence-corrected chi connectivity index (χ3v) is 6.69. The number of nitrogens with zero attached hydrogens (tertiary/aromatic N) is 1. The number of aryl methyl sites for hydroxylation is 1. The first-order valence-electron chi connectivity index (χ1n) is 9.47. The topological polar surface area (TPSA) is 75.7 Å². The number of rotatable bonds is 7. The SMILES string of the molecule is Cc1ccccc1OC[C@H](C)NC(=O)c1ccc(S(=O)(=O)N2CCCC2)cc1. The van der Waals surface area contributed by atoms with Crippen molar-refractivity contribution in [3.8, 4) is 5.75 Å². The number of hydrogen-bond acceptors (Lipinski definition) is 4. The van der Waals surface area contributed by atoms with Crippen molar-refractivity contribution >= 4 is 15.9 Å². The van der Waals surface area contributed by atoms with Gasteiger partial charge in [-0.3, -0.25) is 4.79 Å². The van der Waals surface area contributed by atoms with Crippen molar-refractivity contribution in [2.45, 2.75) is 37.6 Å². The summed E-state index contributed by atoms with van der Waals surface area (Å²) in [5.74, 6) is 0.533. The smallest absolute Gasteiger partial charge is 0.251 e. The van der Waals surface area contributed by atoms with Crippen LogP contribution in [0.2, 0.25) is 0 Å². The normalized spacial score (nSPS) is 15.9. The molecule has 0 aliphatic carbocycles. The zero-order valence-corrected chi connectivity index (χ0v) is 17.0. The molecular weight excluding hydrogens is 376 g/mol. The Morgan fingerprint density at radius 1 is 1.11 bits per heavy atom. The molecule has 1 amide bonds. The van der Waals surface area contributed by atoms with Crippen LogP contribution in [0.15, 0.2) is 53.4 Å². The second kappa shape index (κ2) is 8.75. The number of amides is 1. The van der Waals surface area contributed by atoms with Crippen molar-refractivity contribution in [1.29, 1.82) is 0 Å². The Morgan fingerprint density at radius 2 is 1.75 bits per heavy atom. The second-order valence-electron chi connectivity index (χ2n) is 7.09. The van der Waals surface area contributed by atoms with E-state index in [1.165, 1.54) is 16.4 Å². The molecule has 1 heterocycles. The predicted octanol–water partition coefficient (Wildman–Crippen LogP) is 2.98. The van der Waals surface area contributed by atoms with E-state index in [2.05, 4.69) is 5.32 Å². The lowest BCUT2D eigenvalue weighted by atomic mass is 10.2. The van der Waals surface area contributed by atoms with Crippen LogP contribution in [0.25, 0.3) is 0 Å². The lowest BCUT2D eigenvalue weighted by Gasteiger charge is -2.17. The van der Waals surface area contributed by atoms with Gasteiger partial charge in [0.25, 0.3) is 5.91 Å². The van der Waals surface area contributed by atoms with Crippen molar-refractivity contribution < 1.29 is 17.9 Å². The van der Waals surface area contributed by atoms with Crippen LogP contribution >= 0.6 is 0 Å². The lowest BCUT2D eigenvalue weighted by Crippen LogP contribution is -2.36. The number of para-hydroxylation sites is 1. The van der Waals surface area contributed by atoms with Gasteiger partial charge in [-0.1, -0.05) is 18.2 Å². The molecule has 7 heteroatoms. The first kappa shape index (κ1) is 20.4. The molecule has 0 spiro atoms. The summed E-state index contributed by atoms with van der Waals surface area (Å²) < 4.78 is 32.3. The monoisotopic (exact) mass is 402 g/mol. The number of ether oxygens (including phenoxy) is 1. The highest BCUT2D eigenvalue weighted by atomic mass is 32.2. The van der Waals surface area contributed by atoms with E-state index >= 15 is 0 Å². The Morgan fingerprint density at radius 3 is 2.39 bits per heavy atom. The van der Waals surface area contributed by atoms with Gasteiger partial charge in [-0.25, -0.2) is 8.42 Å². The first-order valence-corrected chi connectivity index (χ1v) is 10.9. The van der Waals surface area contributed by atoms with Crippen molar-refractivity contribution in [1.82, 2.24) is 9.62 Å². The van der Waals surface area contributed by atoms with Crippen LogP contribution in [-0.2, 0) is 10.0 Å². The average Bonchev–Trinajstić information content (AvgIpc) is 3.23. The molecule has 1 N–H and O–H groups in total. The van der Waals surface area contributed by atoms with E-state index in [1.807, 2.05) is 38.1 Å². The Kier molecular flexibility index (Phi) is 6.36. The third-order valence-electron chi connectivity index (χ3n) is 4.78. The predicted molar refractivity (Wildman–Crippen MR) is 108 cm³/mol. The van der Waals surface area contributed by atoms with Crippen molar-refractivity contribution in [3.05, 3.63) is 59.7 Å². The molecule has 1 aliphatic rings. The van der Waals surface area contributed by atoms with Gasteiger partial charge in [0.05, 0.1) is 10.9 Å². The molecule has 3 rings (SSSR count). The maximum atomic E-state index is 12.5. The zero-order valence-electron chi connectivity index (χ0n) is 16.2. The number of sulfonamides is 1. The number of hydrogen-bond donors (Lipinski definition) is 1. The van der Waals surface area contributed by atoms with E-state index in [1.54, 1.807) is 12.1 Å². The number of carbonyl (C=O) groups is 1. The molecule has 0 unspecified atom stereocenters. The fraction of sp³-hybridized carbons (Fsp3) is 0.381. The minimum atomic E-state index is -3.47. The van der Waals surface area contributed by atoms with E-state index in [9.17, 15) is 13.2 Å². The summed E-state index contributed by atoms with van der Waals surface area (Å²) in [5.41, 5.74) is 1.46. The molecule has 2 aromatic rings. The van der Waals surface area contributed by atoms with E-state index in [4.69, 9.17) is 4.74 Å². The molecule has 0 bridgehead atoms. The van der Waals surface area contributed by atoms with Crippen molar-refractivity contribution in [2.24, 2.45) is 0 Å². The van der Waals surface area contributed by atoms with Gasteiger partial charge in [0.2, 0.25) is 10.0 Å². The van der Waals surface area contributed by atoms with Gasteiger partial charge < -0.3 is 10.1 Å². The molecule has 0 aromatic heterocycles. The van der Waals surface area contributed by atoms with Crippen molar-refractivity contribution in [2.75, 3.05) is 19.7 Å². The van der Waals surface area contributed by atoms with Gasteiger partial charge in [-0.15, -0.1) is 0 Å².